The highest BCUT2D eigenvalue weighted by molar-refractivity contribution is 5.81. The quantitative estimate of drug-likeness (QED) is 0.366. The second-order valence-corrected chi connectivity index (χ2v) is 5.40. The van der Waals surface area contributed by atoms with Crippen molar-refractivity contribution in [1.82, 2.24) is 19.5 Å². The van der Waals surface area contributed by atoms with Gasteiger partial charge in [0, 0.05) is 12.0 Å². The first-order chi connectivity index (χ1) is 11.6. The van der Waals surface area contributed by atoms with E-state index < -0.39 is 30.6 Å². The Labute approximate surface area is 135 Å². The SMILES string of the molecule is CO[C@H]([C@@H]1OC[C@@](O)(CO)[C@H]1N=[N+]=[N-])n1cnc2c(N)ncnc21. The van der Waals surface area contributed by atoms with Gasteiger partial charge < -0.3 is 25.4 Å². The van der Waals surface area contributed by atoms with Crippen molar-refractivity contribution in [2.45, 2.75) is 24.0 Å². The minimum Gasteiger partial charge on any atom is -0.393 e. The summed E-state index contributed by atoms with van der Waals surface area (Å²) in [5, 5.41) is 23.4. The van der Waals surface area contributed by atoms with Crippen LogP contribution in [0.4, 0.5) is 5.82 Å². The van der Waals surface area contributed by atoms with Crippen LogP contribution in [0.2, 0.25) is 0 Å². The van der Waals surface area contributed by atoms with Gasteiger partial charge in [-0.05, 0) is 5.53 Å². The first kappa shape index (κ1) is 16.4. The topological polar surface area (TPSA) is 177 Å². The lowest BCUT2D eigenvalue weighted by molar-refractivity contribution is -0.0711. The zero-order valence-electron chi connectivity index (χ0n) is 12.7. The number of aliphatic hydroxyl groups excluding tert-OH is 1. The van der Waals surface area contributed by atoms with E-state index in [-0.39, 0.29) is 12.4 Å². The summed E-state index contributed by atoms with van der Waals surface area (Å²) in [5.41, 5.74) is 13.6. The number of anilines is 1. The molecule has 24 heavy (non-hydrogen) atoms. The second-order valence-electron chi connectivity index (χ2n) is 5.40. The number of aliphatic hydroxyl groups is 2. The number of azide groups is 1. The molecule has 1 aliphatic heterocycles. The fraction of sp³-hybridized carbons (Fsp3) is 0.583. The lowest BCUT2D eigenvalue weighted by Gasteiger charge is -2.29. The third-order valence-corrected chi connectivity index (χ3v) is 4.02. The number of hydrogen-bond acceptors (Lipinski definition) is 9. The number of aromatic nitrogens is 4. The molecule has 0 aliphatic carbocycles. The molecule has 0 radical (unpaired) electrons. The molecule has 0 unspecified atom stereocenters. The first-order valence-corrected chi connectivity index (χ1v) is 7.00. The van der Waals surface area contributed by atoms with Gasteiger partial charge in [-0.15, -0.1) is 0 Å². The Morgan fingerprint density at radius 3 is 3.08 bits per heavy atom. The maximum atomic E-state index is 10.4. The van der Waals surface area contributed by atoms with Gasteiger partial charge in [-0.3, -0.25) is 4.57 Å². The molecule has 128 valence electrons. The van der Waals surface area contributed by atoms with Crippen molar-refractivity contribution < 1.29 is 19.7 Å². The first-order valence-electron chi connectivity index (χ1n) is 7.00. The van der Waals surface area contributed by atoms with Gasteiger partial charge in [0.1, 0.15) is 29.6 Å². The van der Waals surface area contributed by atoms with Crippen LogP contribution in [0.1, 0.15) is 6.23 Å². The van der Waals surface area contributed by atoms with Crippen LogP contribution in [0.5, 0.6) is 0 Å². The number of imidazole rings is 1. The average molecular weight is 336 g/mol. The molecule has 0 aromatic carbocycles. The number of fused-ring (bicyclic) bond motifs is 1. The molecule has 3 rings (SSSR count). The van der Waals surface area contributed by atoms with Gasteiger partial charge in [0.05, 0.1) is 19.5 Å². The summed E-state index contributed by atoms with van der Waals surface area (Å²) in [6.45, 7) is -0.828. The highest BCUT2D eigenvalue weighted by Crippen LogP contribution is 2.35. The summed E-state index contributed by atoms with van der Waals surface area (Å²) >= 11 is 0. The molecule has 12 nitrogen and oxygen atoms in total. The van der Waals surface area contributed by atoms with Gasteiger partial charge in [-0.25, -0.2) is 15.0 Å². The predicted octanol–water partition coefficient (Wildman–Crippen LogP) is -0.645. The summed E-state index contributed by atoms with van der Waals surface area (Å²) in [7, 11) is 1.42. The average Bonchev–Trinajstić information content (AvgIpc) is 3.14. The van der Waals surface area contributed by atoms with Crippen molar-refractivity contribution in [3.05, 3.63) is 23.1 Å². The van der Waals surface area contributed by atoms with Gasteiger partial charge in [0.15, 0.2) is 17.7 Å². The Morgan fingerprint density at radius 1 is 1.62 bits per heavy atom. The summed E-state index contributed by atoms with van der Waals surface area (Å²) in [4.78, 5) is 14.9. The minimum atomic E-state index is -1.70. The normalized spacial score (nSPS) is 28.0. The van der Waals surface area contributed by atoms with Crippen LogP contribution in [0.3, 0.4) is 0 Å². The van der Waals surface area contributed by atoms with Crippen molar-refractivity contribution in [2.75, 3.05) is 26.1 Å². The van der Waals surface area contributed by atoms with Crippen molar-refractivity contribution >= 4 is 17.0 Å². The fourth-order valence-electron chi connectivity index (χ4n) is 2.79. The number of methoxy groups -OCH3 is 1. The molecule has 0 bridgehead atoms. The lowest BCUT2D eigenvalue weighted by Crippen LogP contribution is -2.47. The molecule has 1 aliphatic rings. The number of ether oxygens (including phenoxy) is 2. The van der Waals surface area contributed by atoms with E-state index in [0.717, 1.165) is 0 Å². The monoisotopic (exact) mass is 336 g/mol. The van der Waals surface area contributed by atoms with Crippen LogP contribution in [-0.2, 0) is 9.47 Å². The molecule has 1 fully saturated rings. The van der Waals surface area contributed by atoms with Crippen LogP contribution < -0.4 is 5.73 Å². The predicted molar refractivity (Wildman–Crippen MR) is 80.5 cm³/mol. The molecule has 12 heteroatoms. The highest BCUT2D eigenvalue weighted by Gasteiger charge is 2.51. The molecule has 0 saturated carbocycles. The van der Waals surface area contributed by atoms with E-state index in [9.17, 15) is 10.2 Å². The van der Waals surface area contributed by atoms with Crippen LogP contribution in [0.25, 0.3) is 21.6 Å². The van der Waals surface area contributed by atoms with Crippen molar-refractivity contribution in [1.29, 1.82) is 0 Å². The second kappa shape index (κ2) is 6.19. The van der Waals surface area contributed by atoms with Crippen molar-refractivity contribution in [2.24, 2.45) is 5.11 Å². The van der Waals surface area contributed by atoms with Gasteiger partial charge in [0.25, 0.3) is 0 Å². The maximum absolute atomic E-state index is 10.4. The summed E-state index contributed by atoms with van der Waals surface area (Å²) in [6.07, 6.45) is 1.04. The Kier molecular flexibility index (Phi) is 4.22. The number of nitrogens with zero attached hydrogens (tertiary/aromatic N) is 7. The van der Waals surface area contributed by atoms with E-state index >= 15 is 0 Å². The van der Waals surface area contributed by atoms with Crippen molar-refractivity contribution in [3.8, 4) is 0 Å². The lowest BCUT2D eigenvalue weighted by atomic mass is 9.94. The highest BCUT2D eigenvalue weighted by atomic mass is 16.6. The van der Waals surface area contributed by atoms with Crippen LogP contribution in [0, 0.1) is 0 Å². The summed E-state index contributed by atoms with van der Waals surface area (Å²) in [5.74, 6) is 0.208. The molecule has 2 aromatic rings. The van der Waals surface area contributed by atoms with Crippen LogP contribution in [0.15, 0.2) is 17.8 Å². The largest absolute Gasteiger partial charge is 0.393 e. The Hall–Kier alpha value is -2.50. The van der Waals surface area contributed by atoms with Gasteiger partial charge in [-0.2, -0.15) is 0 Å². The molecule has 4 N–H and O–H groups in total. The van der Waals surface area contributed by atoms with Crippen LogP contribution in [-0.4, -0.2) is 67.8 Å². The van der Waals surface area contributed by atoms with Gasteiger partial charge >= 0.3 is 0 Å². The van der Waals surface area contributed by atoms with Crippen molar-refractivity contribution in [3.63, 3.8) is 0 Å². The fourth-order valence-corrected chi connectivity index (χ4v) is 2.79. The summed E-state index contributed by atoms with van der Waals surface area (Å²) in [6, 6.07) is -1.06. The van der Waals surface area contributed by atoms with E-state index in [1.807, 2.05) is 0 Å². The Balaban J connectivity index is 2.04. The van der Waals surface area contributed by atoms with E-state index in [4.69, 9.17) is 20.7 Å². The standard InChI is InChI=1S/C12H16N8O4/c1-23-11(7-8(18-19-14)12(22,2-21)3-24-7)20-5-17-6-9(13)15-4-16-10(6)20/h4-5,7-8,11,21-22H,2-3H2,1H3,(H2,13,15,16)/t7-,8+,11-,12+/m1/s1. The molecular formula is C12H16N8O4. The van der Waals surface area contributed by atoms with E-state index in [2.05, 4.69) is 25.0 Å². The third-order valence-electron chi connectivity index (χ3n) is 4.02. The van der Waals surface area contributed by atoms with E-state index in [1.54, 1.807) is 4.57 Å². The maximum Gasteiger partial charge on any atom is 0.167 e. The molecule has 0 spiro atoms. The molecule has 2 aromatic heterocycles. The number of hydrogen-bond donors (Lipinski definition) is 3. The van der Waals surface area contributed by atoms with Gasteiger partial charge in [-0.1, -0.05) is 5.11 Å². The zero-order chi connectivity index (χ0) is 17.3. The Bertz CT molecular complexity index is 790. The molecule has 3 heterocycles. The molecule has 4 atom stereocenters. The van der Waals surface area contributed by atoms with E-state index in [0.29, 0.717) is 11.2 Å². The Morgan fingerprint density at radius 2 is 2.42 bits per heavy atom. The van der Waals surface area contributed by atoms with Crippen LogP contribution >= 0.6 is 0 Å². The molecule has 0 amide bonds. The number of nitrogens with two attached hydrogens (primary N) is 1. The third kappa shape index (κ3) is 2.42. The molecule has 1 saturated heterocycles. The number of nitrogen functional groups attached to an aromatic ring is 1. The van der Waals surface area contributed by atoms with Gasteiger partial charge in [0.2, 0.25) is 0 Å². The zero-order valence-corrected chi connectivity index (χ0v) is 12.7. The molecular weight excluding hydrogens is 320 g/mol. The number of rotatable bonds is 5. The summed E-state index contributed by atoms with van der Waals surface area (Å²) < 4.78 is 12.6. The smallest absolute Gasteiger partial charge is 0.167 e. The van der Waals surface area contributed by atoms with E-state index in [1.165, 1.54) is 19.8 Å². The minimum absolute atomic E-state index is 0.207.